The molecule has 0 aliphatic carbocycles. The smallest absolute Gasteiger partial charge is 0.407 e. The van der Waals surface area contributed by atoms with Gasteiger partial charge < -0.3 is 14.8 Å². The van der Waals surface area contributed by atoms with Crippen LogP contribution in [0.3, 0.4) is 0 Å². The molecule has 1 unspecified atom stereocenters. The van der Waals surface area contributed by atoms with Crippen molar-refractivity contribution in [3.63, 3.8) is 0 Å². The summed E-state index contributed by atoms with van der Waals surface area (Å²) in [6.45, 7) is 15.1. The number of alkyl carbamates (subject to hydrolysis) is 1. The van der Waals surface area contributed by atoms with Gasteiger partial charge in [0.25, 0.3) is 0 Å². The molecule has 0 saturated carbocycles. The van der Waals surface area contributed by atoms with Crippen LogP contribution in [0.4, 0.5) is 4.79 Å². The highest BCUT2D eigenvalue weighted by Crippen LogP contribution is 2.23. The van der Waals surface area contributed by atoms with Crippen LogP contribution in [0.1, 0.15) is 110 Å². The van der Waals surface area contributed by atoms with Crippen LogP contribution in [0, 0.1) is 0 Å². The maximum Gasteiger partial charge on any atom is 0.407 e. The predicted octanol–water partition coefficient (Wildman–Crippen LogP) is 8.01. The summed E-state index contributed by atoms with van der Waals surface area (Å²) in [5.74, 6) is 0. The zero-order valence-electron chi connectivity index (χ0n) is 21.3. The first-order chi connectivity index (χ1) is 15.3. The van der Waals surface area contributed by atoms with Gasteiger partial charge in [0.05, 0.1) is 18.2 Å². The van der Waals surface area contributed by atoms with Gasteiger partial charge in [0.15, 0.2) is 0 Å². The Morgan fingerprint density at radius 3 is 2.28 bits per heavy atom. The minimum atomic E-state index is -0.537. The van der Waals surface area contributed by atoms with Crippen molar-refractivity contribution in [1.29, 1.82) is 0 Å². The van der Waals surface area contributed by atoms with E-state index in [4.69, 9.17) is 9.47 Å². The lowest BCUT2D eigenvalue weighted by atomic mass is 9.92. The van der Waals surface area contributed by atoms with E-state index in [2.05, 4.69) is 31.8 Å². The fourth-order valence-electron chi connectivity index (χ4n) is 3.79. The van der Waals surface area contributed by atoms with Crippen molar-refractivity contribution in [3.05, 3.63) is 42.0 Å². The predicted molar refractivity (Wildman–Crippen MR) is 136 cm³/mol. The molecule has 1 rings (SSSR count). The SMILES string of the molecule is C=C(C)c1cccc(C(C)(C)NC(=O)OCCOC(CCCCC)CCCCCCC)c1. The van der Waals surface area contributed by atoms with Crippen molar-refractivity contribution in [2.75, 3.05) is 13.2 Å². The van der Waals surface area contributed by atoms with E-state index in [1.54, 1.807) is 0 Å². The molecule has 4 heteroatoms. The first-order valence-corrected chi connectivity index (χ1v) is 12.6. The number of carbonyl (C=O) groups excluding carboxylic acids is 1. The van der Waals surface area contributed by atoms with Crippen molar-refractivity contribution in [3.8, 4) is 0 Å². The van der Waals surface area contributed by atoms with Crippen molar-refractivity contribution >= 4 is 11.7 Å². The summed E-state index contributed by atoms with van der Waals surface area (Å²) < 4.78 is 11.5. The molecule has 1 aromatic carbocycles. The van der Waals surface area contributed by atoms with Gasteiger partial charge in [0.1, 0.15) is 6.61 Å². The Hall–Kier alpha value is -1.81. The molecule has 0 aliphatic rings. The molecule has 1 N–H and O–H groups in total. The molecule has 0 heterocycles. The van der Waals surface area contributed by atoms with Gasteiger partial charge in [0.2, 0.25) is 0 Å². The summed E-state index contributed by atoms with van der Waals surface area (Å²) in [4.78, 5) is 12.4. The zero-order valence-corrected chi connectivity index (χ0v) is 21.3. The van der Waals surface area contributed by atoms with Crippen molar-refractivity contribution in [2.24, 2.45) is 0 Å². The molecule has 182 valence electrons. The first-order valence-electron chi connectivity index (χ1n) is 12.6. The number of hydrogen-bond acceptors (Lipinski definition) is 3. The molecular weight excluding hydrogens is 398 g/mol. The number of allylic oxidation sites excluding steroid dienone is 1. The van der Waals surface area contributed by atoms with Crippen molar-refractivity contribution in [2.45, 2.75) is 110 Å². The number of ether oxygens (including phenoxy) is 2. The highest BCUT2D eigenvalue weighted by atomic mass is 16.6. The molecule has 0 radical (unpaired) electrons. The lowest BCUT2D eigenvalue weighted by Gasteiger charge is -2.27. The summed E-state index contributed by atoms with van der Waals surface area (Å²) in [6, 6.07) is 8.09. The Morgan fingerprint density at radius 2 is 1.62 bits per heavy atom. The van der Waals surface area contributed by atoms with E-state index in [1.165, 1.54) is 51.4 Å². The minimum absolute atomic E-state index is 0.272. The molecular formula is C28H47NO3. The van der Waals surface area contributed by atoms with Crippen molar-refractivity contribution in [1.82, 2.24) is 5.32 Å². The van der Waals surface area contributed by atoms with Gasteiger partial charge in [-0.25, -0.2) is 4.79 Å². The van der Waals surface area contributed by atoms with Gasteiger partial charge in [0, 0.05) is 0 Å². The molecule has 1 amide bonds. The van der Waals surface area contributed by atoms with E-state index in [0.29, 0.717) is 6.61 Å². The van der Waals surface area contributed by atoms with E-state index >= 15 is 0 Å². The number of benzene rings is 1. The highest BCUT2D eigenvalue weighted by molar-refractivity contribution is 5.69. The van der Waals surface area contributed by atoms with E-state index in [9.17, 15) is 4.79 Å². The lowest BCUT2D eigenvalue weighted by Crippen LogP contribution is -2.41. The Bertz CT molecular complexity index is 668. The monoisotopic (exact) mass is 445 g/mol. The summed E-state index contributed by atoms with van der Waals surface area (Å²) in [5, 5.41) is 2.98. The number of nitrogens with one attached hydrogen (secondary N) is 1. The van der Waals surface area contributed by atoms with E-state index in [-0.39, 0.29) is 12.7 Å². The molecule has 0 fully saturated rings. The van der Waals surface area contributed by atoms with Gasteiger partial charge in [-0.3, -0.25) is 0 Å². The van der Waals surface area contributed by atoms with Crippen LogP contribution in [0.25, 0.3) is 5.57 Å². The van der Waals surface area contributed by atoms with Gasteiger partial charge in [-0.15, -0.1) is 0 Å². The van der Waals surface area contributed by atoms with Gasteiger partial charge in [-0.2, -0.15) is 0 Å². The Balaban J connectivity index is 2.42. The number of unbranched alkanes of at least 4 members (excludes halogenated alkanes) is 6. The third-order valence-corrected chi connectivity index (χ3v) is 5.92. The third kappa shape index (κ3) is 11.7. The fraction of sp³-hybridized carbons (Fsp3) is 0.679. The fourth-order valence-corrected chi connectivity index (χ4v) is 3.79. The second-order valence-electron chi connectivity index (χ2n) is 9.44. The Labute approximate surface area is 197 Å². The van der Waals surface area contributed by atoms with Crippen LogP contribution < -0.4 is 5.32 Å². The topological polar surface area (TPSA) is 47.6 Å². The summed E-state index contributed by atoms with van der Waals surface area (Å²) in [5.41, 5.74) is 2.55. The Morgan fingerprint density at radius 1 is 1.00 bits per heavy atom. The van der Waals surface area contributed by atoms with Crippen LogP contribution in [0.2, 0.25) is 0 Å². The minimum Gasteiger partial charge on any atom is -0.447 e. The van der Waals surface area contributed by atoms with Crippen LogP contribution in [-0.2, 0) is 15.0 Å². The second-order valence-corrected chi connectivity index (χ2v) is 9.44. The lowest BCUT2D eigenvalue weighted by molar-refractivity contribution is 0.0103. The Kier molecular flexibility index (Phi) is 14.0. The molecule has 0 aromatic heterocycles. The van der Waals surface area contributed by atoms with Crippen LogP contribution in [0.15, 0.2) is 30.8 Å². The molecule has 1 atom stereocenters. The zero-order chi connectivity index (χ0) is 23.8. The van der Waals surface area contributed by atoms with Crippen molar-refractivity contribution < 1.29 is 14.3 Å². The molecule has 32 heavy (non-hydrogen) atoms. The van der Waals surface area contributed by atoms with E-state index in [1.807, 2.05) is 39.0 Å². The maximum atomic E-state index is 12.4. The standard InChI is InChI=1S/C28H47NO3/c1-7-9-11-12-14-19-26(18-13-10-8-2)31-20-21-32-27(30)29-28(5,6)25-17-15-16-24(22-25)23(3)4/h15-17,22,26H,3,7-14,18-21H2,1-2,4-6H3,(H,29,30). The van der Waals surface area contributed by atoms with Crippen LogP contribution in [-0.4, -0.2) is 25.4 Å². The van der Waals surface area contributed by atoms with Gasteiger partial charge in [-0.05, 0) is 50.8 Å². The molecule has 0 aliphatic heterocycles. The maximum absolute atomic E-state index is 12.4. The van der Waals surface area contributed by atoms with Crippen LogP contribution in [0.5, 0.6) is 0 Å². The molecule has 0 bridgehead atoms. The number of rotatable bonds is 17. The number of amides is 1. The number of carbonyl (C=O) groups is 1. The van der Waals surface area contributed by atoms with Crippen LogP contribution >= 0.6 is 0 Å². The van der Waals surface area contributed by atoms with E-state index in [0.717, 1.165) is 29.5 Å². The van der Waals surface area contributed by atoms with E-state index < -0.39 is 11.6 Å². The normalized spacial score (nSPS) is 12.4. The molecule has 1 aromatic rings. The van der Waals surface area contributed by atoms with Gasteiger partial charge in [-0.1, -0.05) is 95.6 Å². The second kappa shape index (κ2) is 15.9. The average molecular weight is 446 g/mol. The average Bonchev–Trinajstić information content (AvgIpc) is 2.76. The summed E-state index contributed by atoms with van der Waals surface area (Å²) in [6.07, 6.45) is 12.1. The number of hydrogen-bond donors (Lipinski definition) is 1. The molecule has 0 spiro atoms. The molecule has 4 nitrogen and oxygen atoms in total. The summed E-state index contributed by atoms with van der Waals surface area (Å²) in [7, 11) is 0. The largest absolute Gasteiger partial charge is 0.447 e. The quantitative estimate of drug-likeness (QED) is 0.247. The summed E-state index contributed by atoms with van der Waals surface area (Å²) >= 11 is 0. The first kappa shape index (κ1) is 28.2. The third-order valence-electron chi connectivity index (χ3n) is 5.92. The highest BCUT2D eigenvalue weighted by Gasteiger charge is 2.24. The molecule has 0 saturated heterocycles. The van der Waals surface area contributed by atoms with Gasteiger partial charge >= 0.3 is 6.09 Å².